The Balaban J connectivity index is 5.39. The van der Waals surface area contributed by atoms with Crippen LogP contribution in [0.25, 0.3) is 0 Å². The minimum absolute atomic E-state index is 0.0313. The maximum Gasteiger partial charge on any atom is 0.431 e. The van der Waals surface area contributed by atoms with Crippen LogP contribution in [0.2, 0.25) is 0 Å². The molecule has 0 amide bonds. The second kappa shape index (κ2) is 3.97. The highest BCUT2D eigenvalue weighted by Gasteiger charge is 2.75. The lowest BCUT2D eigenvalue weighted by Gasteiger charge is -2.33. The van der Waals surface area contributed by atoms with Gasteiger partial charge in [0.2, 0.25) is 0 Å². The summed E-state index contributed by atoms with van der Waals surface area (Å²) < 4.78 is 111. The average Bonchev–Trinajstić information content (AvgIpc) is 1.98. The molecule has 0 aliphatic rings. The second-order valence-electron chi connectivity index (χ2n) is 2.81. The third-order valence-corrected chi connectivity index (χ3v) is 1.61. The van der Waals surface area contributed by atoms with E-state index in [9.17, 15) is 39.5 Å². The van der Waals surface area contributed by atoms with Crippen molar-refractivity contribution in [1.82, 2.24) is 0 Å². The molecule has 16 heavy (non-hydrogen) atoms. The summed E-state index contributed by atoms with van der Waals surface area (Å²) in [4.78, 5) is 0. The van der Waals surface area contributed by atoms with Gasteiger partial charge in [-0.3, -0.25) is 0 Å². The Bertz CT molecular complexity index is 241. The maximum absolute atomic E-state index is 12.9. The molecule has 0 aliphatic carbocycles. The lowest BCUT2D eigenvalue weighted by molar-refractivity contribution is -0.392. The van der Waals surface area contributed by atoms with Gasteiger partial charge in [-0.2, -0.15) is 35.1 Å². The number of methoxy groups -OCH3 is 1. The summed E-state index contributed by atoms with van der Waals surface area (Å²) in [7, 11) is -0.0313. The number of hydrogen-bond donors (Lipinski definition) is 0. The predicted molar refractivity (Wildman–Crippen MR) is 32.5 cm³/mol. The van der Waals surface area contributed by atoms with E-state index < -0.39 is 30.6 Å². The molecular formula is C6H5F9O. The molecule has 0 saturated carbocycles. The summed E-state index contributed by atoms with van der Waals surface area (Å²) in [6.45, 7) is 0. The predicted octanol–water partition coefficient (Wildman–Crippen LogP) is 3.45. The molecule has 0 bridgehead atoms. The smallest absolute Gasteiger partial charge is 0.321 e. The number of hydrogen-bond acceptors (Lipinski definition) is 1. The molecule has 1 nitrogen and oxygen atoms in total. The largest absolute Gasteiger partial charge is 0.431 e. The van der Waals surface area contributed by atoms with Crippen molar-refractivity contribution >= 4 is 0 Å². The fraction of sp³-hybridized carbons (Fsp3) is 1.00. The van der Waals surface area contributed by atoms with Crippen LogP contribution in [0, 0.1) is 0 Å². The highest BCUT2D eigenvalue weighted by molar-refractivity contribution is 4.96. The first kappa shape index (κ1) is 15.3. The molecule has 0 spiro atoms. The average molecular weight is 264 g/mol. The Labute approximate surface area is 83.2 Å². The molecule has 0 rings (SSSR count). The molecule has 0 saturated heterocycles. The molecule has 1 atom stereocenters. The summed E-state index contributed by atoms with van der Waals surface area (Å²) in [6.07, 6.45) is -21.2. The molecule has 10 heteroatoms. The monoisotopic (exact) mass is 264 g/mol. The van der Waals surface area contributed by atoms with E-state index in [2.05, 4.69) is 4.74 Å². The first-order valence-corrected chi connectivity index (χ1v) is 3.52. The van der Waals surface area contributed by atoms with Crippen molar-refractivity contribution in [3.63, 3.8) is 0 Å². The van der Waals surface area contributed by atoms with Crippen molar-refractivity contribution in [2.45, 2.75) is 30.6 Å². The second-order valence-corrected chi connectivity index (χ2v) is 2.81. The summed E-state index contributed by atoms with van der Waals surface area (Å²) in [6, 6.07) is 0. The van der Waals surface area contributed by atoms with Gasteiger partial charge in [0.25, 0.3) is 0 Å². The number of halogens is 9. The SMILES string of the molecule is COC(F)(F)C(F)(CC(F)(F)F)C(F)(F)F. The van der Waals surface area contributed by atoms with E-state index in [1.165, 1.54) is 0 Å². The van der Waals surface area contributed by atoms with E-state index >= 15 is 0 Å². The topological polar surface area (TPSA) is 9.23 Å². The third-order valence-electron chi connectivity index (χ3n) is 1.61. The standard InChI is InChI=1S/C6H5F9O/c1-16-6(14,15)3(7,5(11,12)13)2-4(8,9)10/h2H2,1H3. The van der Waals surface area contributed by atoms with Gasteiger partial charge in [-0.1, -0.05) is 0 Å². The van der Waals surface area contributed by atoms with Gasteiger partial charge in [-0.25, -0.2) is 4.39 Å². The van der Waals surface area contributed by atoms with Gasteiger partial charge < -0.3 is 4.74 Å². The highest BCUT2D eigenvalue weighted by atomic mass is 19.4. The molecule has 0 N–H and O–H groups in total. The molecule has 0 fully saturated rings. The first-order chi connectivity index (χ1) is 6.77. The minimum Gasteiger partial charge on any atom is -0.321 e. The molecule has 98 valence electrons. The first-order valence-electron chi connectivity index (χ1n) is 3.52. The molecule has 0 aliphatic heterocycles. The molecule has 0 heterocycles. The molecule has 0 aromatic heterocycles. The third kappa shape index (κ3) is 2.92. The van der Waals surface area contributed by atoms with E-state index in [-0.39, 0.29) is 7.11 Å². The van der Waals surface area contributed by atoms with Crippen molar-refractivity contribution in [3.8, 4) is 0 Å². The maximum atomic E-state index is 12.9. The van der Waals surface area contributed by atoms with Crippen molar-refractivity contribution in [3.05, 3.63) is 0 Å². The number of ether oxygens (including phenoxy) is 1. The summed E-state index contributed by atoms with van der Waals surface area (Å²) in [5.41, 5.74) is -5.81. The van der Waals surface area contributed by atoms with Crippen LogP contribution in [0.1, 0.15) is 6.42 Å². The van der Waals surface area contributed by atoms with Crippen LogP contribution >= 0.6 is 0 Å². The van der Waals surface area contributed by atoms with E-state index in [0.717, 1.165) is 0 Å². The molecule has 0 radical (unpaired) electrons. The normalized spacial score (nSPS) is 18.4. The van der Waals surface area contributed by atoms with Crippen molar-refractivity contribution in [2.75, 3.05) is 7.11 Å². The van der Waals surface area contributed by atoms with E-state index in [1.807, 2.05) is 0 Å². The molecule has 0 aromatic carbocycles. The molecule has 0 aromatic rings. The fourth-order valence-electron chi connectivity index (χ4n) is 0.806. The van der Waals surface area contributed by atoms with Crippen LogP contribution in [-0.2, 0) is 4.74 Å². The summed E-state index contributed by atoms with van der Waals surface area (Å²) in [5, 5.41) is 0. The van der Waals surface area contributed by atoms with Crippen molar-refractivity contribution in [1.29, 1.82) is 0 Å². The quantitative estimate of drug-likeness (QED) is 0.709. The fourth-order valence-corrected chi connectivity index (χ4v) is 0.806. The highest BCUT2D eigenvalue weighted by Crippen LogP contribution is 2.51. The summed E-state index contributed by atoms with van der Waals surface area (Å²) >= 11 is 0. The van der Waals surface area contributed by atoms with Crippen LogP contribution in [0.15, 0.2) is 0 Å². The van der Waals surface area contributed by atoms with Crippen molar-refractivity contribution < 1.29 is 44.3 Å². The van der Waals surface area contributed by atoms with Gasteiger partial charge in [0.1, 0.15) is 0 Å². The Morgan fingerprint density at radius 1 is 0.812 bits per heavy atom. The Hall–Kier alpha value is -0.670. The van der Waals surface area contributed by atoms with Crippen LogP contribution in [-0.4, -0.2) is 31.2 Å². The Morgan fingerprint density at radius 3 is 1.38 bits per heavy atom. The number of alkyl halides is 9. The van der Waals surface area contributed by atoms with Gasteiger partial charge in [-0.15, -0.1) is 0 Å². The van der Waals surface area contributed by atoms with Gasteiger partial charge in [0, 0.05) is 7.11 Å². The van der Waals surface area contributed by atoms with Crippen molar-refractivity contribution in [2.24, 2.45) is 0 Å². The van der Waals surface area contributed by atoms with E-state index in [4.69, 9.17) is 0 Å². The van der Waals surface area contributed by atoms with E-state index in [0.29, 0.717) is 0 Å². The van der Waals surface area contributed by atoms with Crippen LogP contribution in [0.4, 0.5) is 39.5 Å². The van der Waals surface area contributed by atoms with Gasteiger partial charge in [0.15, 0.2) is 0 Å². The van der Waals surface area contributed by atoms with Crippen LogP contribution in [0.5, 0.6) is 0 Å². The lowest BCUT2D eigenvalue weighted by Crippen LogP contribution is -2.58. The number of rotatable bonds is 3. The minimum atomic E-state index is -6.41. The molecule has 1 unspecified atom stereocenters. The zero-order chi connectivity index (χ0) is 13.4. The lowest BCUT2D eigenvalue weighted by atomic mass is 9.99. The Morgan fingerprint density at radius 2 is 1.19 bits per heavy atom. The van der Waals surface area contributed by atoms with Crippen LogP contribution < -0.4 is 0 Å². The van der Waals surface area contributed by atoms with E-state index in [1.54, 1.807) is 0 Å². The Kier molecular flexibility index (Phi) is 3.80. The van der Waals surface area contributed by atoms with Gasteiger partial charge in [0.05, 0.1) is 6.42 Å². The van der Waals surface area contributed by atoms with Gasteiger partial charge in [-0.05, 0) is 0 Å². The van der Waals surface area contributed by atoms with Crippen LogP contribution in [0.3, 0.4) is 0 Å². The zero-order valence-corrected chi connectivity index (χ0v) is 7.52. The molecular weight excluding hydrogens is 259 g/mol. The van der Waals surface area contributed by atoms with Gasteiger partial charge >= 0.3 is 24.1 Å². The summed E-state index contributed by atoms with van der Waals surface area (Å²) in [5.74, 6) is 0. The zero-order valence-electron chi connectivity index (χ0n) is 7.52.